The largest absolute Gasteiger partial charge is 0.491 e. The van der Waals surface area contributed by atoms with Crippen LogP contribution < -0.4 is 0 Å². The van der Waals surface area contributed by atoms with E-state index in [4.69, 9.17) is 4.74 Å². The number of hydrogen-bond acceptors (Lipinski definition) is 4. The Balaban J connectivity index is 1.48. The minimum atomic E-state index is -2.11. The van der Waals surface area contributed by atoms with E-state index in [-0.39, 0.29) is 30.4 Å². The topological polar surface area (TPSA) is 45.7 Å². The highest BCUT2D eigenvalue weighted by molar-refractivity contribution is 5.97. The molecular weight excluding hydrogens is 388 g/mol. The Kier molecular flexibility index (Phi) is 6.18. The van der Waals surface area contributed by atoms with Crippen molar-refractivity contribution in [2.24, 2.45) is 0 Å². The Hall–Kier alpha value is -2.28. The molecule has 0 N–H and O–H groups in total. The molecule has 2 fully saturated rings. The van der Waals surface area contributed by atoms with Crippen molar-refractivity contribution in [2.75, 3.05) is 26.2 Å². The number of carbonyl (C=O) groups excluding carboxylic acids is 1. The number of rotatable bonds is 6. The second-order valence-corrected chi connectivity index (χ2v) is 8.62. The maximum absolute atomic E-state index is 15.5. The maximum atomic E-state index is 15.5. The molecule has 162 valence electrons. The standard InChI is InChI=1S/C23H29F2N3O2/c1-23(25)14-19(30-16-17-7-2-3-9-26-17)13-20(24)21(23)22(29)28-12-6-8-18(28)15-27-10-4-5-11-27/h2-3,7,9,13,18H,4-6,8,10-12,14-16H2,1H3. The molecule has 0 aromatic carbocycles. The molecule has 2 aliphatic heterocycles. The number of pyridine rings is 1. The van der Waals surface area contributed by atoms with E-state index < -0.39 is 17.4 Å². The second-order valence-electron chi connectivity index (χ2n) is 8.62. The van der Waals surface area contributed by atoms with Gasteiger partial charge in [-0.1, -0.05) is 6.07 Å². The first-order valence-corrected chi connectivity index (χ1v) is 10.8. The van der Waals surface area contributed by atoms with Crippen molar-refractivity contribution in [1.82, 2.24) is 14.8 Å². The molecule has 2 atom stereocenters. The Morgan fingerprint density at radius 3 is 2.77 bits per heavy atom. The van der Waals surface area contributed by atoms with Crippen LogP contribution in [0.25, 0.3) is 0 Å². The number of ether oxygens (including phenoxy) is 1. The lowest BCUT2D eigenvalue weighted by Gasteiger charge is -2.34. The minimum Gasteiger partial charge on any atom is -0.491 e. The van der Waals surface area contributed by atoms with E-state index in [9.17, 15) is 9.18 Å². The van der Waals surface area contributed by atoms with Gasteiger partial charge in [0.2, 0.25) is 0 Å². The molecule has 0 spiro atoms. The summed E-state index contributed by atoms with van der Waals surface area (Å²) in [7, 11) is 0. The number of likely N-dealkylation sites (tertiary alicyclic amines) is 2. The van der Waals surface area contributed by atoms with Gasteiger partial charge in [-0.05, 0) is 57.8 Å². The first-order chi connectivity index (χ1) is 14.4. The third kappa shape index (κ3) is 4.56. The van der Waals surface area contributed by atoms with E-state index in [0.29, 0.717) is 12.2 Å². The van der Waals surface area contributed by atoms with Gasteiger partial charge in [0.1, 0.15) is 23.9 Å². The molecule has 3 aliphatic rings. The van der Waals surface area contributed by atoms with Crippen LogP contribution in [0.2, 0.25) is 0 Å². The normalized spacial score (nSPS) is 27.5. The van der Waals surface area contributed by atoms with E-state index in [0.717, 1.165) is 38.6 Å². The zero-order valence-corrected chi connectivity index (χ0v) is 17.4. The number of amides is 1. The lowest BCUT2D eigenvalue weighted by Crippen LogP contribution is -2.46. The van der Waals surface area contributed by atoms with Crippen molar-refractivity contribution in [2.45, 2.75) is 57.3 Å². The Bertz CT molecular complexity index is 832. The molecule has 3 heterocycles. The van der Waals surface area contributed by atoms with Crippen LogP contribution in [-0.2, 0) is 16.1 Å². The van der Waals surface area contributed by atoms with E-state index in [2.05, 4.69) is 9.88 Å². The first kappa shape index (κ1) is 21.0. The van der Waals surface area contributed by atoms with Gasteiger partial charge in [0.15, 0.2) is 0 Å². The minimum absolute atomic E-state index is 0.0254. The van der Waals surface area contributed by atoms with E-state index >= 15 is 4.39 Å². The van der Waals surface area contributed by atoms with Crippen LogP contribution in [0, 0.1) is 0 Å². The zero-order chi connectivity index (χ0) is 21.1. The van der Waals surface area contributed by atoms with Crippen LogP contribution in [0.15, 0.2) is 47.6 Å². The molecule has 2 saturated heterocycles. The molecule has 1 aromatic rings. The SMILES string of the molecule is CC1(F)CC(OCc2ccccn2)=CC(F)=C1C(=O)N1CCCC1CN1CCCC1. The molecule has 1 amide bonds. The van der Waals surface area contributed by atoms with Crippen LogP contribution in [0.4, 0.5) is 8.78 Å². The highest BCUT2D eigenvalue weighted by Crippen LogP contribution is 2.39. The number of carbonyl (C=O) groups is 1. The van der Waals surface area contributed by atoms with Crippen LogP contribution in [0.5, 0.6) is 0 Å². The van der Waals surface area contributed by atoms with Crippen molar-refractivity contribution < 1.29 is 18.3 Å². The summed E-state index contributed by atoms with van der Waals surface area (Å²) in [6.45, 7) is 4.81. The van der Waals surface area contributed by atoms with Gasteiger partial charge in [-0.15, -0.1) is 0 Å². The van der Waals surface area contributed by atoms with Gasteiger partial charge in [0.25, 0.3) is 5.91 Å². The number of hydrogen-bond donors (Lipinski definition) is 0. The molecule has 2 unspecified atom stereocenters. The predicted molar refractivity (Wildman–Crippen MR) is 110 cm³/mol. The molecular formula is C23H29F2N3O2. The van der Waals surface area contributed by atoms with Gasteiger partial charge in [-0.2, -0.15) is 0 Å². The number of allylic oxidation sites excluding steroid dienone is 3. The second kappa shape index (κ2) is 8.84. The summed E-state index contributed by atoms with van der Waals surface area (Å²) in [4.78, 5) is 21.4. The van der Waals surface area contributed by atoms with Gasteiger partial charge in [-0.25, -0.2) is 8.78 Å². The fourth-order valence-corrected chi connectivity index (χ4v) is 4.70. The summed E-state index contributed by atoms with van der Waals surface area (Å²) in [5.74, 6) is -1.16. The van der Waals surface area contributed by atoms with Gasteiger partial charge in [-0.3, -0.25) is 9.78 Å². The smallest absolute Gasteiger partial charge is 0.256 e. The first-order valence-electron chi connectivity index (χ1n) is 10.8. The predicted octanol–water partition coefficient (Wildman–Crippen LogP) is 3.92. The molecule has 0 saturated carbocycles. The summed E-state index contributed by atoms with van der Waals surface area (Å²) in [5.41, 5.74) is -1.82. The van der Waals surface area contributed by atoms with Gasteiger partial charge in [0, 0.05) is 37.8 Å². The van der Waals surface area contributed by atoms with Gasteiger partial charge < -0.3 is 14.5 Å². The average Bonchev–Trinajstić information content (AvgIpc) is 3.38. The van der Waals surface area contributed by atoms with Crippen molar-refractivity contribution in [3.05, 3.63) is 53.3 Å². The fourth-order valence-electron chi connectivity index (χ4n) is 4.70. The number of nitrogens with zero attached hydrogens (tertiary/aromatic N) is 3. The fraction of sp³-hybridized carbons (Fsp3) is 0.565. The average molecular weight is 418 g/mol. The van der Waals surface area contributed by atoms with E-state index in [1.807, 2.05) is 6.07 Å². The molecule has 0 bridgehead atoms. The number of aromatic nitrogens is 1. The van der Waals surface area contributed by atoms with Crippen molar-refractivity contribution in [3.63, 3.8) is 0 Å². The van der Waals surface area contributed by atoms with Crippen molar-refractivity contribution in [3.8, 4) is 0 Å². The third-order valence-electron chi connectivity index (χ3n) is 6.21. The summed E-state index contributed by atoms with van der Waals surface area (Å²) in [6.07, 6.45) is 6.73. The zero-order valence-electron chi connectivity index (χ0n) is 17.4. The third-order valence-corrected chi connectivity index (χ3v) is 6.21. The highest BCUT2D eigenvalue weighted by Gasteiger charge is 2.44. The molecule has 7 heteroatoms. The van der Waals surface area contributed by atoms with Crippen LogP contribution in [-0.4, -0.2) is 58.6 Å². The highest BCUT2D eigenvalue weighted by atomic mass is 19.1. The molecule has 1 aromatic heterocycles. The lowest BCUT2D eigenvalue weighted by atomic mass is 9.87. The van der Waals surface area contributed by atoms with E-state index in [1.165, 1.54) is 19.8 Å². The van der Waals surface area contributed by atoms with E-state index in [1.54, 1.807) is 23.2 Å². The van der Waals surface area contributed by atoms with Gasteiger partial charge >= 0.3 is 0 Å². The Morgan fingerprint density at radius 2 is 2.07 bits per heavy atom. The van der Waals surface area contributed by atoms with Crippen LogP contribution in [0.1, 0.15) is 44.7 Å². The molecule has 1 aliphatic carbocycles. The van der Waals surface area contributed by atoms with Crippen LogP contribution in [0.3, 0.4) is 0 Å². The molecule has 5 nitrogen and oxygen atoms in total. The Morgan fingerprint density at radius 1 is 1.27 bits per heavy atom. The summed E-state index contributed by atoms with van der Waals surface area (Å²) in [6, 6.07) is 5.43. The number of alkyl halides is 1. The summed E-state index contributed by atoms with van der Waals surface area (Å²) >= 11 is 0. The summed E-state index contributed by atoms with van der Waals surface area (Å²) in [5, 5.41) is 0. The lowest BCUT2D eigenvalue weighted by molar-refractivity contribution is -0.129. The molecule has 30 heavy (non-hydrogen) atoms. The van der Waals surface area contributed by atoms with Crippen molar-refractivity contribution in [1.29, 1.82) is 0 Å². The van der Waals surface area contributed by atoms with Gasteiger partial charge in [0.05, 0.1) is 11.3 Å². The van der Waals surface area contributed by atoms with Crippen LogP contribution >= 0.6 is 0 Å². The quantitative estimate of drug-likeness (QED) is 0.704. The summed E-state index contributed by atoms with van der Waals surface area (Å²) < 4.78 is 36.1. The molecule has 0 radical (unpaired) electrons. The molecule has 4 rings (SSSR count). The van der Waals surface area contributed by atoms with Crippen molar-refractivity contribution >= 4 is 5.91 Å². The Labute approximate surface area is 176 Å². The number of halogens is 2. The maximum Gasteiger partial charge on any atom is 0.256 e. The monoisotopic (exact) mass is 417 g/mol.